The fraction of sp³-hybridized carbons (Fsp3) is 0.238. The number of rotatable bonds is 8. The summed E-state index contributed by atoms with van der Waals surface area (Å²) in [7, 11) is -0.0700. The summed E-state index contributed by atoms with van der Waals surface area (Å²) < 4.78 is 5.14. The third kappa shape index (κ3) is 4.45. The quantitative estimate of drug-likeness (QED) is 0.504. The Morgan fingerprint density at radius 3 is 2.71 bits per heavy atom. The number of nitrogens with zero attached hydrogens (tertiary/aromatic N) is 1. The van der Waals surface area contributed by atoms with Gasteiger partial charge in [-0.2, -0.15) is 0 Å². The van der Waals surface area contributed by atoms with Crippen molar-refractivity contribution in [2.24, 2.45) is 5.73 Å². The molecule has 1 unspecified atom stereocenters. The summed E-state index contributed by atoms with van der Waals surface area (Å²) in [5.74, 6) is -0.467. The standard InChI is InChI=1S/C21H23BN2O4/c1-28-13-18-10-16(4-5-20(18)22(26)27)19(11-23)21(25)9-14-2-3-17-12-24-7-6-15(17)8-14/h2-8,10,12,19,26-27H,9,11,13,23H2,1H3. The Balaban J connectivity index is 1.85. The van der Waals surface area contributed by atoms with Crippen molar-refractivity contribution >= 4 is 29.1 Å². The van der Waals surface area contributed by atoms with Crippen molar-refractivity contribution in [3.63, 3.8) is 0 Å². The van der Waals surface area contributed by atoms with E-state index in [2.05, 4.69) is 4.98 Å². The van der Waals surface area contributed by atoms with Crippen LogP contribution in [0.1, 0.15) is 22.6 Å². The van der Waals surface area contributed by atoms with Gasteiger partial charge in [0.25, 0.3) is 0 Å². The molecule has 7 heteroatoms. The van der Waals surface area contributed by atoms with E-state index in [4.69, 9.17) is 10.5 Å². The lowest BCUT2D eigenvalue weighted by Gasteiger charge is -2.17. The first-order valence-corrected chi connectivity index (χ1v) is 9.06. The van der Waals surface area contributed by atoms with E-state index in [1.807, 2.05) is 24.3 Å². The van der Waals surface area contributed by atoms with Crippen molar-refractivity contribution in [1.29, 1.82) is 0 Å². The number of aromatic nitrogens is 1. The molecule has 0 saturated carbocycles. The maximum atomic E-state index is 12.9. The number of hydrogen-bond acceptors (Lipinski definition) is 6. The molecule has 144 valence electrons. The lowest BCUT2D eigenvalue weighted by Crippen LogP contribution is -2.34. The minimum Gasteiger partial charge on any atom is -0.423 e. The van der Waals surface area contributed by atoms with Gasteiger partial charge in [-0.25, -0.2) is 0 Å². The van der Waals surface area contributed by atoms with E-state index in [-0.39, 0.29) is 25.4 Å². The minimum atomic E-state index is -1.60. The highest BCUT2D eigenvalue weighted by Gasteiger charge is 2.23. The number of benzene rings is 2. The zero-order valence-corrected chi connectivity index (χ0v) is 15.7. The van der Waals surface area contributed by atoms with Gasteiger partial charge >= 0.3 is 7.12 Å². The Labute approximate surface area is 164 Å². The lowest BCUT2D eigenvalue weighted by atomic mass is 9.75. The van der Waals surface area contributed by atoms with Crippen LogP contribution >= 0.6 is 0 Å². The van der Waals surface area contributed by atoms with Gasteiger partial charge in [-0.3, -0.25) is 9.78 Å². The molecule has 0 aliphatic heterocycles. The minimum absolute atomic E-state index is 0.0107. The molecule has 0 amide bonds. The first kappa shape index (κ1) is 20.2. The molecule has 3 aromatic rings. The van der Waals surface area contributed by atoms with Gasteiger partial charge in [0.1, 0.15) is 5.78 Å². The van der Waals surface area contributed by atoms with Crippen LogP contribution < -0.4 is 11.2 Å². The van der Waals surface area contributed by atoms with E-state index in [0.717, 1.165) is 21.9 Å². The average molecular weight is 378 g/mol. The monoisotopic (exact) mass is 378 g/mol. The number of ketones is 1. The smallest absolute Gasteiger partial charge is 0.423 e. The van der Waals surface area contributed by atoms with Gasteiger partial charge in [-0.05, 0) is 33.6 Å². The molecule has 1 aromatic heterocycles. The fourth-order valence-electron chi connectivity index (χ4n) is 3.40. The highest BCUT2D eigenvalue weighted by atomic mass is 16.5. The Bertz CT molecular complexity index is 978. The van der Waals surface area contributed by atoms with Gasteiger partial charge in [0.2, 0.25) is 0 Å². The molecular formula is C21H23BN2O4. The van der Waals surface area contributed by atoms with Gasteiger partial charge in [0.05, 0.1) is 12.5 Å². The number of Topliss-reactive ketones (excluding diaryl/α,β-unsaturated/α-hetero) is 1. The van der Waals surface area contributed by atoms with Crippen LogP contribution in [-0.4, -0.2) is 41.6 Å². The first-order chi connectivity index (χ1) is 13.5. The van der Waals surface area contributed by atoms with Crippen LogP contribution in [0, 0.1) is 0 Å². The number of methoxy groups -OCH3 is 1. The number of pyridine rings is 1. The number of nitrogens with two attached hydrogens (primary N) is 1. The average Bonchev–Trinajstić information content (AvgIpc) is 2.68. The second-order valence-corrected chi connectivity index (χ2v) is 6.75. The topological polar surface area (TPSA) is 106 Å². The van der Waals surface area contributed by atoms with E-state index >= 15 is 0 Å². The zero-order chi connectivity index (χ0) is 20.1. The molecule has 6 nitrogen and oxygen atoms in total. The van der Waals surface area contributed by atoms with Crippen LogP contribution in [0.2, 0.25) is 0 Å². The van der Waals surface area contributed by atoms with Gasteiger partial charge in [0.15, 0.2) is 0 Å². The largest absolute Gasteiger partial charge is 0.488 e. The SMILES string of the molecule is COCc1cc(C(CN)C(=O)Cc2ccc3cnccc3c2)ccc1B(O)O. The Morgan fingerprint density at radius 1 is 1.18 bits per heavy atom. The number of carbonyl (C=O) groups excluding carboxylic acids is 1. The van der Waals surface area contributed by atoms with Crippen LogP contribution in [0.3, 0.4) is 0 Å². The summed E-state index contributed by atoms with van der Waals surface area (Å²) in [5, 5.41) is 21.1. The van der Waals surface area contributed by atoms with Crippen molar-refractivity contribution in [3.8, 4) is 0 Å². The van der Waals surface area contributed by atoms with E-state index in [0.29, 0.717) is 11.0 Å². The van der Waals surface area contributed by atoms with Crippen LogP contribution in [-0.2, 0) is 22.6 Å². The molecule has 3 rings (SSSR count). The molecule has 1 heterocycles. The highest BCUT2D eigenvalue weighted by molar-refractivity contribution is 6.59. The van der Waals surface area contributed by atoms with Crippen molar-refractivity contribution in [2.75, 3.05) is 13.7 Å². The third-order valence-electron chi connectivity index (χ3n) is 4.86. The normalized spacial score (nSPS) is 12.1. The number of hydrogen-bond donors (Lipinski definition) is 3. The van der Waals surface area contributed by atoms with Crippen molar-refractivity contribution in [3.05, 3.63) is 71.5 Å². The molecule has 0 saturated heterocycles. The molecular weight excluding hydrogens is 355 g/mol. The summed E-state index contributed by atoms with van der Waals surface area (Å²) in [6.45, 7) is 0.384. The molecule has 4 N–H and O–H groups in total. The fourth-order valence-corrected chi connectivity index (χ4v) is 3.40. The molecule has 0 bridgehead atoms. The number of ether oxygens (including phenoxy) is 1. The van der Waals surface area contributed by atoms with Crippen LogP contribution in [0.25, 0.3) is 10.8 Å². The van der Waals surface area contributed by atoms with E-state index in [1.54, 1.807) is 30.6 Å². The third-order valence-corrected chi connectivity index (χ3v) is 4.86. The second kappa shape index (κ2) is 9.08. The summed E-state index contributed by atoms with van der Waals surface area (Å²) >= 11 is 0. The Morgan fingerprint density at radius 2 is 2.00 bits per heavy atom. The van der Waals surface area contributed by atoms with Crippen molar-refractivity contribution in [1.82, 2.24) is 4.98 Å². The molecule has 0 aliphatic rings. The molecule has 28 heavy (non-hydrogen) atoms. The van der Waals surface area contributed by atoms with E-state index < -0.39 is 13.0 Å². The number of fused-ring (bicyclic) bond motifs is 1. The summed E-state index contributed by atoms with van der Waals surface area (Å²) in [4.78, 5) is 17.0. The van der Waals surface area contributed by atoms with Crippen LogP contribution in [0.4, 0.5) is 0 Å². The van der Waals surface area contributed by atoms with Gasteiger partial charge < -0.3 is 20.5 Å². The van der Waals surface area contributed by atoms with Gasteiger partial charge in [-0.1, -0.05) is 36.4 Å². The van der Waals surface area contributed by atoms with E-state index in [1.165, 1.54) is 7.11 Å². The van der Waals surface area contributed by atoms with Crippen molar-refractivity contribution < 1.29 is 19.6 Å². The molecule has 2 aromatic carbocycles. The van der Waals surface area contributed by atoms with Crippen LogP contribution in [0.15, 0.2) is 54.9 Å². The molecule has 0 radical (unpaired) electrons. The van der Waals surface area contributed by atoms with E-state index in [9.17, 15) is 14.8 Å². The highest BCUT2D eigenvalue weighted by Crippen LogP contribution is 2.21. The first-order valence-electron chi connectivity index (χ1n) is 9.06. The van der Waals surface area contributed by atoms with Crippen LogP contribution in [0.5, 0.6) is 0 Å². The van der Waals surface area contributed by atoms with Gasteiger partial charge in [0, 0.05) is 37.9 Å². The maximum absolute atomic E-state index is 12.9. The predicted octanol–water partition coefficient (Wildman–Crippen LogP) is 0.915. The lowest BCUT2D eigenvalue weighted by molar-refractivity contribution is -0.119. The second-order valence-electron chi connectivity index (χ2n) is 6.75. The molecule has 0 fully saturated rings. The summed E-state index contributed by atoms with van der Waals surface area (Å²) in [6, 6.07) is 12.9. The number of carbonyl (C=O) groups is 1. The Hall–Kier alpha value is -2.58. The zero-order valence-electron chi connectivity index (χ0n) is 15.7. The Kier molecular flexibility index (Phi) is 6.54. The molecule has 1 atom stereocenters. The summed E-state index contributed by atoms with van der Waals surface area (Å²) in [6.07, 6.45) is 3.79. The summed E-state index contributed by atoms with van der Waals surface area (Å²) in [5.41, 5.74) is 8.56. The molecule has 0 spiro atoms. The maximum Gasteiger partial charge on any atom is 0.488 e. The van der Waals surface area contributed by atoms with Gasteiger partial charge in [-0.15, -0.1) is 0 Å². The predicted molar refractivity (Wildman–Crippen MR) is 109 cm³/mol. The molecule has 0 aliphatic carbocycles. The van der Waals surface area contributed by atoms with Crippen molar-refractivity contribution in [2.45, 2.75) is 18.9 Å².